The molecule has 0 saturated heterocycles. The number of aromatic nitrogens is 3. The molecule has 43 heavy (non-hydrogen) atoms. The van der Waals surface area contributed by atoms with Crippen LogP contribution in [0.3, 0.4) is 0 Å². The van der Waals surface area contributed by atoms with Crippen molar-refractivity contribution in [2.45, 2.75) is 0 Å². The Bertz CT molecular complexity index is 2410. The van der Waals surface area contributed by atoms with Crippen molar-refractivity contribution in [2.75, 3.05) is 0 Å². The first-order valence-electron chi connectivity index (χ1n) is 16.4. The summed E-state index contributed by atoms with van der Waals surface area (Å²) in [5.41, 5.74) is 6.58. The Hall–Kier alpha value is -5.87. The Morgan fingerprint density at radius 1 is 0.442 bits per heavy atom. The topological polar surface area (TPSA) is 51.8 Å². The van der Waals surface area contributed by atoms with Gasteiger partial charge in [0.1, 0.15) is 11.2 Å². The molecule has 0 amide bonds. The average molecular weight is 557 g/mol. The molecule has 0 unspecified atom stereocenters. The second-order valence-electron chi connectivity index (χ2n) is 10.1. The van der Waals surface area contributed by atoms with E-state index in [1.165, 1.54) is 0 Å². The van der Waals surface area contributed by atoms with Gasteiger partial charge in [0.15, 0.2) is 17.5 Å². The summed E-state index contributed by atoms with van der Waals surface area (Å²) in [5.74, 6) is 1.70. The first kappa shape index (κ1) is 20.1. The molecule has 0 spiro atoms. The molecular weight excluding hydrogens is 526 g/mol. The third kappa shape index (κ3) is 4.65. The largest absolute Gasteiger partial charge is 0.456 e. The minimum absolute atomic E-state index is 0.172. The van der Waals surface area contributed by atoms with Gasteiger partial charge in [-0.25, -0.2) is 15.0 Å². The van der Waals surface area contributed by atoms with Crippen molar-refractivity contribution in [3.63, 3.8) is 0 Å². The molecule has 4 nitrogen and oxygen atoms in total. The highest BCUT2D eigenvalue weighted by atomic mass is 16.3. The number of rotatable bonds is 5. The highest BCUT2D eigenvalue weighted by molar-refractivity contribution is 6.13. The second-order valence-corrected chi connectivity index (χ2v) is 10.1. The maximum atomic E-state index is 8.38. The van der Waals surface area contributed by atoms with E-state index in [0.29, 0.717) is 23.0 Å². The second kappa shape index (κ2) is 10.5. The molecule has 202 valence electrons. The number of hydrogen-bond acceptors (Lipinski definition) is 4. The summed E-state index contributed by atoms with van der Waals surface area (Å²) in [7, 11) is 0. The van der Waals surface area contributed by atoms with Gasteiger partial charge in [-0.05, 0) is 46.5 Å². The van der Waals surface area contributed by atoms with E-state index < -0.39 is 6.04 Å². The van der Waals surface area contributed by atoms with E-state index in [9.17, 15) is 0 Å². The molecule has 0 bridgehead atoms. The smallest absolute Gasteiger partial charge is 0.164 e. The highest BCUT2D eigenvalue weighted by Crippen LogP contribution is 2.39. The van der Waals surface area contributed by atoms with Gasteiger partial charge in [0.05, 0.1) is 6.85 Å². The summed E-state index contributed by atoms with van der Waals surface area (Å²) in [5, 5.41) is 1.82. The third-order valence-electron chi connectivity index (χ3n) is 7.44. The van der Waals surface area contributed by atoms with Crippen molar-refractivity contribution < 1.29 is 11.3 Å². The first-order valence-corrected chi connectivity index (χ1v) is 13.9. The van der Waals surface area contributed by atoms with E-state index in [4.69, 9.17) is 26.2 Å². The molecule has 4 heteroatoms. The average Bonchev–Trinajstić information content (AvgIpc) is 3.52. The number of fused-ring (bicyclic) bond motifs is 3. The van der Waals surface area contributed by atoms with Crippen molar-refractivity contribution in [1.82, 2.24) is 15.0 Å². The zero-order valence-corrected chi connectivity index (χ0v) is 22.8. The van der Waals surface area contributed by atoms with E-state index in [0.717, 1.165) is 49.8 Å². The maximum Gasteiger partial charge on any atom is 0.164 e. The maximum absolute atomic E-state index is 8.38. The van der Waals surface area contributed by atoms with Crippen LogP contribution in [-0.4, -0.2) is 15.0 Å². The molecule has 0 saturated carbocycles. The van der Waals surface area contributed by atoms with Crippen LogP contribution in [0.5, 0.6) is 0 Å². The van der Waals surface area contributed by atoms with Crippen molar-refractivity contribution in [1.29, 1.82) is 0 Å². The monoisotopic (exact) mass is 556 g/mol. The van der Waals surface area contributed by atoms with Gasteiger partial charge in [-0.3, -0.25) is 0 Å². The number of benzene rings is 6. The van der Waals surface area contributed by atoms with Crippen LogP contribution in [0.1, 0.15) is 6.85 Å². The molecule has 0 atom stereocenters. The molecule has 8 rings (SSSR count). The quantitative estimate of drug-likeness (QED) is 0.212. The van der Waals surface area contributed by atoms with Crippen molar-refractivity contribution in [3.05, 3.63) is 152 Å². The Kier molecular flexibility index (Phi) is 4.91. The Labute approximate surface area is 256 Å². The van der Waals surface area contributed by atoms with E-state index in [1.54, 1.807) is 12.1 Å². The number of furan rings is 1. The van der Waals surface area contributed by atoms with Crippen LogP contribution in [0.15, 0.2) is 156 Å². The van der Waals surface area contributed by atoms with E-state index in [1.807, 2.05) is 109 Å². The van der Waals surface area contributed by atoms with Crippen LogP contribution in [-0.2, 0) is 0 Å². The van der Waals surface area contributed by atoms with Gasteiger partial charge >= 0.3 is 0 Å². The standard InChI is InChI=1S/C39H25N3O/c1-4-11-26(12-5-1)27-19-21-28(22-20-27)32-17-10-18-35-36(32)33-25-31(23-24-34(33)43-35)39-41-37(29-13-6-2-7-14-29)40-38(42-39)30-15-8-3-9-16-30/h1-25H/i1D,4D,5D,11D,12D. The molecular formula is C39H25N3O. The van der Waals surface area contributed by atoms with Crippen LogP contribution in [0.25, 0.3) is 78.4 Å². The highest BCUT2D eigenvalue weighted by Gasteiger charge is 2.16. The summed E-state index contributed by atoms with van der Waals surface area (Å²) in [4.78, 5) is 14.6. The zero-order valence-electron chi connectivity index (χ0n) is 27.8. The molecule has 0 aliphatic rings. The molecule has 8 aromatic rings. The minimum atomic E-state index is -0.409. The summed E-state index contributed by atoms with van der Waals surface area (Å²) >= 11 is 0. The minimum Gasteiger partial charge on any atom is -0.456 e. The molecule has 2 heterocycles. The first-order chi connectivity index (χ1) is 23.4. The van der Waals surface area contributed by atoms with Crippen molar-refractivity contribution >= 4 is 21.9 Å². The molecule has 2 aromatic heterocycles. The van der Waals surface area contributed by atoms with Gasteiger partial charge in [-0.2, -0.15) is 0 Å². The summed E-state index contributed by atoms with van der Waals surface area (Å²) in [6.45, 7) is 0. The molecule has 0 N–H and O–H groups in total. The predicted molar refractivity (Wildman–Crippen MR) is 174 cm³/mol. The zero-order chi connectivity index (χ0) is 32.9. The Morgan fingerprint density at radius 3 is 1.67 bits per heavy atom. The third-order valence-corrected chi connectivity index (χ3v) is 7.44. The van der Waals surface area contributed by atoms with Gasteiger partial charge in [0, 0.05) is 27.5 Å². The summed E-state index contributed by atoms with van der Waals surface area (Å²) in [6.07, 6.45) is 0. The molecule has 0 fully saturated rings. The van der Waals surface area contributed by atoms with Crippen LogP contribution in [0.4, 0.5) is 0 Å². The lowest BCUT2D eigenvalue weighted by molar-refractivity contribution is 0.669. The summed E-state index contributed by atoms with van der Waals surface area (Å²) < 4.78 is 47.1. The normalized spacial score (nSPS) is 12.9. The Balaban J connectivity index is 1.26. The van der Waals surface area contributed by atoms with Gasteiger partial charge in [-0.15, -0.1) is 0 Å². The van der Waals surface area contributed by atoms with Gasteiger partial charge in [0.25, 0.3) is 0 Å². The molecule has 6 aromatic carbocycles. The van der Waals surface area contributed by atoms with Crippen LogP contribution < -0.4 is 0 Å². The fourth-order valence-corrected chi connectivity index (χ4v) is 5.35. The predicted octanol–water partition coefficient (Wildman–Crippen LogP) is 10.1. The SMILES string of the molecule is [2H]c1c([2H])c([2H])c(-c2ccc(-c3cccc4oc5ccc(-c6nc(-c7ccccc7)nc(-c7ccccc7)n6)cc5c34)cc2)c([2H])c1[2H]. The number of hydrogen-bond donors (Lipinski definition) is 0. The van der Waals surface area contributed by atoms with Crippen molar-refractivity contribution in [2.24, 2.45) is 0 Å². The molecule has 0 aliphatic carbocycles. The van der Waals surface area contributed by atoms with Crippen LogP contribution in [0, 0.1) is 0 Å². The molecule has 0 aliphatic heterocycles. The fraction of sp³-hybridized carbons (Fsp3) is 0. The van der Waals surface area contributed by atoms with Crippen LogP contribution >= 0.6 is 0 Å². The fourth-order valence-electron chi connectivity index (χ4n) is 5.35. The van der Waals surface area contributed by atoms with Crippen LogP contribution in [0.2, 0.25) is 0 Å². The lowest BCUT2D eigenvalue weighted by Gasteiger charge is -2.09. The molecule has 0 radical (unpaired) electrons. The number of nitrogens with zero attached hydrogens (tertiary/aromatic N) is 3. The van der Waals surface area contributed by atoms with Gasteiger partial charge in [-0.1, -0.05) is 127 Å². The summed E-state index contributed by atoms with van der Waals surface area (Å²) in [6, 6.07) is 37.3. The van der Waals surface area contributed by atoms with Gasteiger partial charge in [0.2, 0.25) is 0 Å². The lowest BCUT2D eigenvalue weighted by Crippen LogP contribution is -2.00. The van der Waals surface area contributed by atoms with Gasteiger partial charge < -0.3 is 4.42 Å². The lowest BCUT2D eigenvalue weighted by atomic mass is 9.96. The van der Waals surface area contributed by atoms with Crippen molar-refractivity contribution in [3.8, 4) is 56.4 Å². The Morgan fingerprint density at radius 2 is 1.02 bits per heavy atom. The van der Waals surface area contributed by atoms with E-state index >= 15 is 0 Å². The van der Waals surface area contributed by atoms with E-state index in [2.05, 4.69) is 0 Å². The van der Waals surface area contributed by atoms with E-state index in [-0.39, 0.29) is 29.7 Å².